The first-order chi connectivity index (χ1) is 12.9. The smallest absolute Gasteiger partial charge is 0.412 e. The number of carbonyl (C=O) groups excluding carboxylic acids is 2. The molecule has 0 spiro atoms. The fourth-order valence-corrected chi connectivity index (χ4v) is 2.54. The number of ether oxygens (including phenoxy) is 1. The predicted octanol–water partition coefficient (Wildman–Crippen LogP) is 4.49. The van der Waals surface area contributed by atoms with Crippen LogP contribution in [0.5, 0.6) is 5.88 Å². The molecular weight excluding hydrogens is 361 g/mol. The Kier molecular flexibility index (Phi) is 4.98. The Hall–Kier alpha value is -3.55. The zero-order valence-corrected chi connectivity index (χ0v) is 13.7. The number of alkyl halides is 3. The summed E-state index contributed by atoms with van der Waals surface area (Å²) in [5.74, 6) is -0.293. The number of nitrogens with one attached hydrogen (secondary N) is 2. The first-order valence-electron chi connectivity index (χ1n) is 7.75. The summed E-state index contributed by atoms with van der Waals surface area (Å²) in [6.45, 7) is 0.247. The minimum Gasteiger partial charge on any atom is -0.412 e. The summed E-state index contributed by atoms with van der Waals surface area (Å²) in [4.78, 5) is 25.6. The highest BCUT2D eigenvalue weighted by Gasteiger charge is 2.30. The summed E-state index contributed by atoms with van der Waals surface area (Å²) in [5.41, 5.74) is 0.870. The second-order valence-corrected chi connectivity index (χ2v) is 5.54. The van der Waals surface area contributed by atoms with Gasteiger partial charge in [-0.3, -0.25) is 9.59 Å². The van der Waals surface area contributed by atoms with E-state index in [1.54, 1.807) is 24.3 Å². The molecule has 0 bridgehead atoms. The molecule has 1 aromatic heterocycles. The Morgan fingerprint density at radius 2 is 1.78 bits per heavy atom. The summed E-state index contributed by atoms with van der Waals surface area (Å²) >= 11 is 0. The number of aromatic nitrogens is 1. The lowest BCUT2D eigenvalue weighted by molar-refractivity contribution is -0.137. The van der Waals surface area contributed by atoms with Crippen LogP contribution < -0.4 is 10.1 Å². The van der Waals surface area contributed by atoms with Crippen molar-refractivity contribution in [1.29, 1.82) is 0 Å². The molecule has 0 aliphatic heterocycles. The number of hydrogen-bond donors (Lipinski definition) is 2. The monoisotopic (exact) mass is 374 g/mol. The van der Waals surface area contributed by atoms with E-state index in [-0.39, 0.29) is 17.9 Å². The molecule has 0 aliphatic carbocycles. The van der Waals surface area contributed by atoms with Crippen LogP contribution in [-0.2, 0) is 11.0 Å². The Morgan fingerprint density at radius 1 is 1.07 bits per heavy atom. The van der Waals surface area contributed by atoms with Crippen LogP contribution in [0.4, 0.5) is 18.9 Å². The molecule has 0 saturated heterocycles. The van der Waals surface area contributed by atoms with Crippen LogP contribution in [0, 0.1) is 0 Å². The minimum absolute atomic E-state index is 0.163. The van der Waals surface area contributed by atoms with Crippen molar-refractivity contribution < 1.29 is 27.5 Å². The second kappa shape index (κ2) is 7.36. The number of halogens is 3. The van der Waals surface area contributed by atoms with E-state index in [0.29, 0.717) is 16.8 Å². The molecule has 0 atom stereocenters. The zero-order chi connectivity index (χ0) is 19.4. The quantitative estimate of drug-likeness (QED) is 0.647. The van der Waals surface area contributed by atoms with E-state index in [9.17, 15) is 22.8 Å². The third-order valence-electron chi connectivity index (χ3n) is 3.78. The van der Waals surface area contributed by atoms with Crippen molar-refractivity contribution in [2.45, 2.75) is 6.18 Å². The van der Waals surface area contributed by atoms with Gasteiger partial charge in [-0.25, -0.2) is 0 Å². The van der Waals surface area contributed by atoms with E-state index in [4.69, 9.17) is 0 Å². The number of amides is 1. The number of H-pyrrole nitrogens is 1. The van der Waals surface area contributed by atoms with E-state index in [1.807, 2.05) is 0 Å². The molecule has 0 aliphatic rings. The molecule has 0 saturated carbocycles. The normalized spacial score (nSPS) is 11.1. The summed E-state index contributed by atoms with van der Waals surface area (Å²) in [7, 11) is 0. The maximum atomic E-state index is 12.7. The van der Waals surface area contributed by atoms with Crippen molar-refractivity contribution in [1.82, 2.24) is 4.98 Å². The molecule has 27 heavy (non-hydrogen) atoms. The molecule has 0 fully saturated rings. The highest BCUT2D eigenvalue weighted by Crippen LogP contribution is 2.32. The van der Waals surface area contributed by atoms with Crippen LogP contribution in [0.1, 0.15) is 15.9 Å². The van der Waals surface area contributed by atoms with Crippen LogP contribution in [0.3, 0.4) is 0 Å². The Bertz CT molecular complexity index is 963. The molecule has 0 radical (unpaired) electrons. The average Bonchev–Trinajstić information content (AvgIpc) is 3.08. The van der Waals surface area contributed by atoms with Gasteiger partial charge in [0.05, 0.1) is 11.3 Å². The highest BCUT2D eigenvalue weighted by atomic mass is 19.4. The fraction of sp³-hybridized carbons (Fsp3) is 0.0526. The van der Waals surface area contributed by atoms with Gasteiger partial charge in [0.25, 0.3) is 12.4 Å². The number of benzene rings is 2. The van der Waals surface area contributed by atoms with Crippen LogP contribution in [0.2, 0.25) is 0 Å². The molecule has 138 valence electrons. The SMILES string of the molecule is O=COc1cc(NC(=O)c2ccccc2-c2ccc(C(F)(F)F)cc2)c[nH]1. The van der Waals surface area contributed by atoms with Crippen molar-refractivity contribution >= 4 is 18.1 Å². The lowest BCUT2D eigenvalue weighted by atomic mass is 9.98. The molecule has 1 amide bonds. The van der Waals surface area contributed by atoms with E-state index in [0.717, 1.165) is 12.1 Å². The van der Waals surface area contributed by atoms with Crippen LogP contribution in [0.15, 0.2) is 60.8 Å². The molecule has 3 aromatic rings. The Morgan fingerprint density at radius 3 is 2.44 bits per heavy atom. The number of hydrogen-bond acceptors (Lipinski definition) is 3. The first kappa shape index (κ1) is 18.2. The van der Waals surface area contributed by atoms with Crippen molar-refractivity contribution in [2.24, 2.45) is 0 Å². The predicted molar refractivity (Wildman–Crippen MR) is 92.3 cm³/mol. The molecule has 0 unspecified atom stereocenters. The summed E-state index contributed by atoms with van der Waals surface area (Å²) < 4.78 is 42.8. The largest absolute Gasteiger partial charge is 0.416 e. The van der Waals surface area contributed by atoms with Crippen molar-refractivity contribution in [3.05, 3.63) is 71.9 Å². The highest BCUT2D eigenvalue weighted by molar-refractivity contribution is 6.08. The van der Waals surface area contributed by atoms with Crippen molar-refractivity contribution in [3.63, 3.8) is 0 Å². The molecule has 3 rings (SSSR count). The van der Waals surface area contributed by atoms with Gasteiger partial charge in [0.2, 0.25) is 5.88 Å². The molecular formula is C19H13F3N2O3. The molecule has 5 nitrogen and oxygen atoms in total. The van der Waals surface area contributed by atoms with E-state index in [2.05, 4.69) is 15.0 Å². The summed E-state index contributed by atoms with van der Waals surface area (Å²) in [6.07, 6.45) is -2.98. The van der Waals surface area contributed by atoms with Crippen molar-refractivity contribution in [2.75, 3.05) is 5.32 Å². The lowest BCUT2D eigenvalue weighted by Gasteiger charge is -2.11. The van der Waals surface area contributed by atoms with Crippen LogP contribution in [0.25, 0.3) is 11.1 Å². The number of carbonyl (C=O) groups is 2. The van der Waals surface area contributed by atoms with Gasteiger partial charge in [0.15, 0.2) is 0 Å². The van der Waals surface area contributed by atoms with E-state index >= 15 is 0 Å². The zero-order valence-electron chi connectivity index (χ0n) is 13.7. The van der Waals surface area contributed by atoms with Crippen molar-refractivity contribution in [3.8, 4) is 17.0 Å². The molecule has 2 N–H and O–H groups in total. The Balaban J connectivity index is 1.86. The van der Waals surface area contributed by atoms with Gasteiger partial charge in [-0.15, -0.1) is 0 Å². The number of rotatable bonds is 5. The third kappa shape index (κ3) is 4.17. The lowest BCUT2D eigenvalue weighted by Crippen LogP contribution is -2.12. The van der Waals surface area contributed by atoms with Gasteiger partial charge in [0.1, 0.15) is 0 Å². The van der Waals surface area contributed by atoms with Crippen LogP contribution in [-0.4, -0.2) is 17.4 Å². The van der Waals surface area contributed by atoms with Gasteiger partial charge in [0, 0.05) is 17.8 Å². The molecule has 2 aromatic carbocycles. The Labute approximate surface area is 151 Å². The number of aromatic amines is 1. The fourth-order valence-electron chi connectivity index (χ4n) is 2.54. The summed E-state index contributed by atoms with van der Waals surface area (Å²) in [6, 6.07) is 12.6. The minimum atomic E-state index is -4.43. The van der Waals surface area contributed by atoms with Gasteiger partial charge in [-0.05, 0) is 29.3 Å². The van der Waals surface area contributed by atoms with Gasteiger partial charge >= 0.3 is 6.18 Å². The van der Waals surface area contributed by atoms with Crippen LogP contribution >= 0.6 is 0 Å². The standard InChI is InChI=1S/C19H13F3N2O3/c20-19(21,22)13-7-5-12(6-8-13)15-3-1-2-4-16(15)18(26)24-14-9-17(23-10-14)27-11-25/h1-11,23H,(H,24,26). The molecule has 8 heteroatoms. The van der Waals surface area contributed by atoms with Gasteiger partial charge in [-0.2, -0.15) is 13.2 Å². The van der Waals surface area contributed by atoms with E-state index < -0.39 is 17.6 Å². The number of anilines is 1. The maximum absolute atomic E-state index is 12.7. The van der Waals surface area contributed by atoms with Gasteiger partial charge < -0.3 is 15.0 Å². The topological polar surface area (TPSA) is 71.2 Å². The molecule has 1 heterocycles. The third-order valence-corrected chi connectivity index (χ3v) is 3.78. The summed E-state index contributed by atoms with van der Waals surface area (Å²) in [5, 5.41) is 2.64. The second-order valence-electron chi connectivity index (χ2n) is 5.54. The van der Waals surface area contributed by atoms with Gasteiger partial charge in [-0.1, -0.05) is 30.3 Å². The maximum Gasteiger partial charge on any atom is 0.416 e. The van der Waals surface area contributed by atoms with E-state index in [1.165, 1.54) is 24.4 Å². The average molecular weight is 374 g/mol. The first-order valence-corrected chi connectivity index (χ1v) is 7.75.